The lowest BCUT2D eigenvalue weighted by molar-refractivity contribution is 0.198. The predicted molar refractivity (Wildman–Crippen MR) is 66.4 cm³/mol. The molecule has 0 unspecified atom stereocenters. The molecule has 0 N–H and O–H groups in total. The van der Waals surface area contributed by atoms with Gasteiger partial charge in [-0.3, -0.25) is 4.98 Å². The van der Waals surface area contributed by atoms with Crippen LogP contribution >= 0.6 is 0 Å². The van der Waals surface area contributed by atoms with Crippen LogP contribution in [0.15, 0.2) is 18.6 Å². The molecule has 0 bridgehead atoms. The first-order chi connectivity index (χ1) is 7.57. The lowest BCUT2D eigenvalue weighted by atomic mass is 9.75. The van der Waals surface area contributed by atoms with E-state index in [4.69, 9.17) is 0 Å². The highest BCUT2D eigenvalue weighted by Gasteiger charge is 2.28. The van der Waals surface area contributed by atoms with E-state index in [1.807, 2.05) is 6.20 Å². The van der Waals surface area contributed by atoms with Crippen molar-refractivity contribution >= 4 is 5.82 Å². The first kappa shape index (κ1) is 11.4. The number of aromatic nitrogens is 2. The van der Waals surface area contributed by atoms with Crippen LogP contribution in [-0.4, -0.2) is 23.1 Å². The van der Waals surface area contributed by atoms with Crippen molar-refractivity contribution in [3.8, 4) is 0 Å². The molecule has 1 fully saturated rings. The minimum Gasteiger partial charge on any atom is -0.355 e. The third kappa shape index (κ3) is 2.52. The summed E-state index contributed by atoms with van der Waals surface area (Å²) in [4.78, 5) is 10.8. The normalized spacial score (nSPS) is 18.8. The molecule has 0 aliphatic carbocycles. The molecule has 2 rings (SSSR count). The van der Waals surface area contributed by atoms with E-state index in [1.165, 1.54) is 12.8 Å². The van der Waals surface area contributed by atoms with Crippen LogP contribution in [0.1, 0.15) is 33.6 Å². The Labute approximate surface area is 97.9 Å². The van der Waals surface area contributed by atoms with Gasteiger partial charge < -0.3 is 4.90 Å². The molecule has 3 nitrogen and oxygen atoms in total. The van der Waals surface area contributed by atoms with Gasteiger partial charge in [0.15, 0.2) is 0 Å². The highest BCUT2D eigenvalue weighted by Crippen LogP contribution is 2.34. The van der Waals surface area contributed by atoms with Gasteiger partial charge in [0.2, 0.25) is 0 Å². The van der Waals surface area contributed by atoms with E-state index in [2.05, 4.69) is 35.6 Å². The third-order valence-corrected chi connectivity index (χ3v) is 3.59. The smallest absolute Gasteiger partial charge is 0.147 e. The summed E-state index contributed by atoms with van der Waals surface area (Å²) in [5.41, 5.74) is 0.439. The monoisotopic (exact) mass is 219 g/mol. The minimum atomic E-state index is 0.439. The molecule has 0 saturated carbocycles. The molecule has 88 valence electrons. The standard InChI is InChI=1S/C13H21N3/c1-13(2,3)11-4-8-16(9-5-11)12-10-14-6-7-15-12/h6-7,10-11H,4-5,8-9H2,1-3H3. The molecule has 1 saturated heterocycles. The van der Waals surface area contributed by atoms with Crippen molar-refractivity contribution in [3.63, 3.8) is 0 Å². The average molecular weight is 219 g/mol. The van der Waals surface area contributed by atoms with E-state index in [9.17, 15) is 0 Å². The van der Waals surface area contributed by atoms with E-state index in [0.717, 1.165) is 24.8 Å². The van der Waals surface area contributed by atoms with Crippen LogP contribution in [0, 0.1) is 11.3 Å². The Balaban J connectivity index is 1.96. The Bertz CT molecular complexity index is 321. The molecule has 1 aromatic heterocycles. The molecule has 1 aliphatic heterocycles. The van der Waals surface area contributed by atoms with Crippen LogP contribution in [0.3, 0.4) is 0 Å². The maximum absolute atomic E-state index is 4.35. The molecule has 2 heterocycles. The van der Waals surface area contributed by atoms with Crippen LogP contribution in [0.2, 0.25) is 0 Å². The van der Waals surface area contributed by atoms with Gasteiger partial charge in [-0.2, -0.15) is 0 Å². The lowest BCUT2D eigenvalue weighted by Crippen LogP contribution is -2.38. The Hall–Kier alpha value is -1.12. The minimum absolute atomic E-state index is 0.439. The molecule has 0 spiro atoms. The molecule has 1 aromatic rings. The molecule has 16 heavy (non-hydrogen) atoms. The van der Waals surface area contributed by atoms with E-state index < -0.39 is 0 Å². The molecule has 1 aliphatic rings. The van der Waals surface area contributed by atoms with Gasteiger partial charge in [0, 0.05) is 25.5 Å². The van der Waals surface area contributed by atoms with Gasteiger partial charge in [0.25, 0.3) is 0 Å². The second-order valence-electron chi connectivity index (χ2n) is 5.69. The fourth-order valence-electron chi connectivity index (χ4n) is 2.43. The van der Waals surface area contributed by atoms with Gasteiger partial charge >= 0.3 is 0 Å². The first-order valence-electron chi connectivity index (χ1n) is 6.08. The van der Waals surface area contributed by atoms with Crippen molar-refractivity contribution in [1.29, 1.82) is 0 Å². The topological polar surface area (TPSA) is 29.0 Å². The number of nitrogens with zero attached hydrogens (tertiary/aromatic N) is 3. The van der Waals surface area contributed by atoms with Crippen LogP contribution in [0.4, 0.5) is 5.82 Å². The molecule has 0 atom stereocenters. The van der Waals surface area contributed by atoms with Crippen LogP contribution in [-0.2, 0) is 0 Å². The van der Waals surface area contributed by atoms with E-state index in [0.29, 0.717) is 5.41 Å². The highest BCUT2D eigenvalue weighted by molar-refractivity contribution is 5.35. The van der Waals surface area contributed by atoms with Crippen LogP contribution in [0.5, 0.6) is 0 Å². The quantitative estimate of drug-likeness (QED) is 0.727. The fourth-order valence-corrected chi connectivity index (χ4v) is 2.43. The maximum Gasteiger partial charge on any atom is 0.147 e. The van der Waals surface area contributed by atoms with Crippen LogP contribution < -0.4 is 4.90 Å². The summed E-state index contributed by atoms with van der Waals surface area (Å²) in [5, 5.41) is 0. The molecular formula is C13H21N3. The van der Waals surface area contributed by atoms with Crippen molar-refractivity contribution in [2.45, 2.75) is 33.6 Å². The Morgan fingerprint density at radius 2 is 1.88 bits per heavy atom. The zero-order valence-corrected chi connectivity index (χ0v) is 10.5. The predicted octanol–water partition coefficient (Wildman–Crippen LogP) is 2.74. The number of hydrogen-bond donors (Lipinski definition) is 0. The second kappa shape index (κ2) is 4.40. The second-order valence-corrected chi connectivity index (χ2v) is 5.69. The van der Waals surface area contributed by atoms with Crippen molar-refractivity contribution < 1.29 is 0 Å². The van der Waals surface area contributed by atoms with Gasteiger partial charge in [-0.1, -0.05) is 20.8 Å². The number of anilines is 1. The van der Waals surface area contributed by atoms with E-state index in [1.54, 1.807) is 12.4 Å². The summed E-state index contributed by atoms with van der Waals surface area (Å²) >= 11 is 0. The van der Waals surface area contributed by atoms with Gasteiger partial charge in [0.05, 0.1) is 6.20 Å². The summed E-state index contributed by atoms with van der Waals surface area (Å²) in [5.74, 6) is 1.86. The van der Waals surface area contributed by atoms with E-state index in [-0.39, 0.29) is 0 Å². The van der Waals surface area contributed by atoms with Crippen LogP contribution in [0.25, 0.3) is 0 Å². The summed E-state index contributed by atoms with van der Waals surface area (Å²) < 4.78 is 0. The Kier molecular flexibility index (Phi) is 3.13. The molecule has 0 aromatic carbocycles. The van der Waals surface area contributed by atoms with Gasteiger partial charge in [-0.05, 0) is 24.2 Å². The SMILES string of the molecule is CC(C)(C)C1CCN(c2cnccn2)CC1. The number of rotatable bonds is 1. The zero-order chi connectivity index (χ0) is 11.6. The van der Waals surface area contributed by atoms with Crippen molar-refractivity contribution in [3.05, 3.63) is 18.6 Å². The molecule has 0 radical (unpaired) electrons. The molecule has 0 amide bonds. The average Bonchev–Trinajstić information content (AvgIpc) is 2.29. The largest absolute Gasteiger partial charge is 0.355 e. The number of piperidine rings is 1. The summed E-state index contributed by atoms with van der Waals surface area (Å²) in [6.45, 7) is 9.25. The highest BCUT2D eigenvalue weighted by atomic mass is 15.2. The first-order valence-corrected chi connectivity index (χ1v) is 6.08. The fraction of sp³-hybridized carbons (Fsp3) is 0.692. The van der Waals surface area contributed by atoms with Crippen molar-refractivity contribution in [2.24, 2.45) is 11.3 Å². The number of hydrogen-bond acceptors (Lipinski definition) is 3. The van der Waals surface area contributed by atoms with Crippen molar-refractivity contribution in [2.75, 3.05) is 18.0 Å². The van der Waals surface area contributed by atoms with Gasteiger partial charge in [-0.25, -0.2) is 4.98 Å². The van der Waals surface area contributed by atoms with Crippen molar-refractivity contribution in [1.82, 2.24) is 9.97 Å². The Morgan fingerprint density at radius 3 is 2.38 bits per heavy atom. The third-order valence-electron chi connectivity index (χ3n) is 3.59. The zero-order valence-electron chi connectivity index (χ0n) is 10.5. The summed E-state index contributed by atoms with van der Waals surface area (Å²) in [6.07, 6.45) is 7.88. The van der Waals surface area contributed by atoms with Gasteiger partial charge in [0.1, 0.15) is 5.82 Å². The maximum atomic E-state index is 4.35. The lowest BCUT2D eigenvalue weighted by Gasteiger charge is -2.39. The van der Waals surface area contributed by atoms with E-state index >= 15 is 0 Å². The molecular weight excluding hydrogens is 198 g/mol. The molecule has 3 heteroatoms. The summed E-state index contributed by atoms with van der Waals surface area (Å²) in [7, 11) is 0. The Morgan fingerprint density at radius 1 is 1.19 bits per heavy atom. The van der Waals surface area contributed by atoms with Gasteiger partial charge in [-0.15, -0.1) is 0 Å². The summed E-state index contributed by atoms with van der Waals surface area (Å²) in [6, 6.07) is 0.